The van der Waals surface area contributed by atoms with Gasteiger partial charge in [0, 0.05) is 22.2 Å². The fraction of sp³-hybridized carbons (Fsp3) is 0.235. The lowest BCUT2D eigenvalue weighted by Crippen LogP contribution is -2.35. The summed E-state index contributed by atoms with van der Waals surface area (Å²) in [6, 6.07) is 14.3. The highest BCUT2D eigenvalue weighted by Crippen LogP contribution is 2.34. The number of nitrogens with zero attached hydrogens (tertiary/aromatic N) is 1. The zero-order valence-corrected chi connectivity index (χ0v) is 16.5. The van der Waals surface area contributed by atoms with Crippen LogP contribution in [0.4, 0.5) is 11.4 Å². The van der Waals surface area contributed by atoms with Gasteiger partial charge in [0.2, 0.25) is 10.0 Å². The summed E-state index contributed by atoms with van der Waals surface area (Å²) in [5.74, 6) is 0.0829. The number of hydrogen-bond acceptors (Lipinski definition) is 4. The van der Waals surface area contributed by atoms with Crippen molar-refractivity contribution >= 4 is 49.9 Å². The van der Waals surface area contributed by atoms with Gasteiger partial charge in [-0.1, -0.05) is 12.1 Å². The zero-order chi connectivity index (χ0) is 18.0. The molecule has 1 atom stereocenters. The highest BCUT2D eigenvalue weighted by atomic mass is 127. The van der Waals surface area contributed by atoms with Crippen molar-refractivity contribution in [3.05, 3.63) is 52.1 Å². The lowest BCUT2D eigenvalue weighted by Gasteiger charge is -2.20. The number of fused-ring (bicyclic) bond motifs is 1. The molecule has 1 unspecified atom stereocenters. The van der Waals surface area contributed by atoms with Crippen molar-refractivity contribution in [1.82, 2.24) is 0 Å². The van der Waals surface area contributed by atoms with Gasteiger partial charge in [0.1, 0.15) is 5.75 Å². The van der Waals surface area contributed by atoms with E-state index in [-0.39, 0.29) is 18.9 Å². The predicted octanol–water partition coefficient (Wildman–Crippen LogP) is 2.85. The highest BCUT2D eigenvalue weighted by molar-refractivity contribution is 14.1. The van der Waals surface area contributed by atoms with E-state index in [4.69, 9.17) is 4.74 Å². The van der Waals surface area contributed by atoms with Gasteiger partial charge >= 0.3 is 0 Å². The minimum absolute atomic E-state index is 0.181. The van der Waals surface area contributed by atoms with E-state index in [2.05, 4.69) is 27.9 Å². The van der Waals surface area contributed by atoms with E-state index in [1.54, 1.807) is 24.3 Å². The second kappa shape index (κ2) is 7.20. The molecule has 1 amide bonds. The number of hydrogen-bond donors (Lipinski definition) is 1. The number of ether oxygens (including phenoxy) is 1. The van der Waals surface area contributed by atoms with Crippen molar-refractivity contribution in [1.29, 1.82) is 0 Å². The molecule has 1 heterocycles. The molecule has 0 fully saturated rings. The fourth-order valence-electron chi connectivity index (χ4n) is 2.62. The summed E-state index contributed by atoms with van der Waals surface area (Å²) in [4.78, 5) is 12.6. The van der Waals surface area contributed by atoms with Crippen molar-refractivity contribution in [3.8, 4) is 5.75 Å². The fourth-order valence-corrected chi connectivity index (χ4v) is 3.92. The second-order valence-electron chi connectivity index (χ2n) is 5.69. The Labute approximate surface area is 160 Å². The summed E-state index contributed by atoms with van der Waals surface area (Å²) in [6.07, 6.45) is 0.639. The van der Waals surface area contributed by atoms with Crippen molar-refractivity contribution in [2.24, 2.45) is 0 Å². The molecule has 0 radical (unpaired) electrons. The number of rotatable bonds is 3. The quantitative estimate of drug-likeness (QED) is 0.698. The molecule has 6 nitrogen and oxygen atoms in total. The Morgan fingerprint density at radius 1 is 1.20 bits per heavy atom. The predicted molar refractivity (Wildman–Crippen MR) is 105 cm³/mol. The number of carbonyl (C=O) groups excluding carboxylic acids is 1. The molecule has 3 rings (SSSR count). The van der Waals surface area contributed by atoms with Crippen LogP contribution in [0.15, 0.2) is 48.5 Å². The average molecular weight is 472 g/mol. The van der Waals surface area contributed by atoms with E-state index < -0.39 is 16.1 Å². The summed E-state index contributed by atoms with van der Waals surface area (Å²) in [5, 5.41) is 2.82. The normalized spacial score (nSPS) is 17.2. The molecule has 1 N–H and O–H groups in total. The summed E-state index contributed by atoms with van der Waals surface area (Å²) in [7, 11) is -3.45. The van der Waals surface area contributed by atoms with Crippen LogP contribution in [0.3, 0.4) is 0 Å². The Morgan fingerprint density at radius 3 is 2.56 bits per heavy atom. The third-order valence-corrected chi connectivity index (χ3v) is 5.70. The van der Waals surface area contributed by atoms with E-state index in [0.29, 0.717) is 17.1 Å². The van der Waals surface area contributed by atoms with Gasteiger partial charge in [0.15, 0.2) is 6.10 Å². The van der Waals surface area contributed by atoms with Crippen LogP contribution in [0, 0.1) is 3.57 Å². The van der Waals surface area contributed by atoms with Gasteiger partial charge in [0.25, 0.3) is 5.91 Å². The number of amides is 1. The molecule has 0 aromatic heterocycles. The van der Waals surface area contributed by atoms with Crippen molar-refractivity contribution < 1.29 is 17.9 Å². The Balaban J connectivity index is 1.83. The molecular formula is C17H17IN2O4S. The molecule has 0 saturated carbocycles. The van der Waals surface area contributed by atoms with Crippen LogP contribution < -0.4 is 14.4 Å². The monoisotopic (exact) mass is 472 g/mol. The third-order valence-electron chi connectivity index (χ3n) is 3.80. The number of benzene rings is 2. The number of halogens is 1. The van der Waals surface area contributed by atoms with E-state index in [1.165, 1.54) is 4.31 Å². The first kappa shape index (κ1) is 18.0. The summed E-state index contributed by atoms with van der Waals surface area (Å²) < 4.78 is 32.3. The van der Waals surface area contributed by atoms with Gasteiger partial charge in [-0.3, -0.25) is 9.10 Å². The lowest BCUT2D eigenvalue weighted by molar-refractivity contribution is -0.122. The summed E-state index contributed by atoms with van der Waals surface area (Å²) in [6.45, 7) is 0.181. The first-order valence-corrected chi connectivity index (χ1v) is 10.6. The van der Waals surface area contributed by atoms with E-state index in [0.717, 1.165) is 9.83 Å². The zero-order valence-electron chi connectivity index (χ0n) is 13.5. The molecule has 132 valence electrons. The van der Waals surface area contributed by atoms with Crippen LogP contribution >= 0.6 is 22.6 Å². The Kier molecular flexibility index (Phi) is 5.19. The van der Waals surface area contributed by atoms with Gasteiger partial charge in [-0.25, -0.2) is 8.42 Å². The molecular weight excluding hydrogens is 455 g/mol. The Bertz CT molecular complexity index is 884. The van der Waals surface area contributed by atoms with E-state index in [9.17, 15) is 13.2 Å². The Hall–Kier alpha value is -1.81. The number of anilines is 2. The first-order chi connectivity index (χ1) is 11.8. The van der Waals surface area contributed by atoms with Gasteiger partial charge in [-0.15, -0.1) is 0 Å². The van der Waals surface area contributed by atoms with Crippen LogP contribution in [-0.2, 0) is 14.8 Å². The maximum absolute atomic E-state index is 12.6. The van der Waals surface area contributed by atoms with Gasteiger partial charge in [-0.05, 0) is 59.0 Å². The topological polar surface area (TPSA) is 75.7 Å². The van der Waals surface area contributed by atoms with Crippen molar-refractivity contribution in [2.75, 3.05) is 22.4 Å². The number of para-hydroxylation sites is 2. The van der Waals surface area contributed by atoms with Crippen LogP contribution in [0.5, 0.6) is 5.75 Å². The highest BCUT2D eigenvalue weighted by Gasteiger charge is 2.30. The Morgan fingerprint density at radius 2 is 1.88 bits per heavy atom. The standard InChI is InChI=1S/C17H17IN2O4S/c1-25(22,23)20-11-10-16(24-15-5-3-2-4-14(15)20)17(21)19-13-8-6-12(18)7-9-13/h2-9,16H,10-11H2,1H3,(H,19,21). The maximum atomic E-state index is 12.6. The van der Waals surface area contributed by atoms with Gasteiger partial charge < -0.3 is 10.1 Å². The van der Waals surface area contributed by atoms with Crippen LogP contribution in [0.1, 0.15) is 6.42 Å². The maximum Gasteiger partial charge on any atom is 0.265 e. The minimum atomic E-state index is -3.45. The number of nitrogens with one attached hydrogen (secondary N) is 1. The minimum Gasteiger partial charge on any atom is -0.478 e. The van der Waals surface area contributed by atoms with E-state index >= 15 is 0 Å². The molecule has 0 aliphatic carbocycles. The van der Waals surface area contributed by atoms with Crippen molar-refractivity contribution in [3.63, 3.8) is 0 Å². The number of sulfonamides is 1. The van der Waals surface area contributed by atoms with Gasteiger partial charge in [0.05, 0.1) is 11.9 Å². The van der Waals surface area contributed by atoms with E-state index in [1.807, 2.05) is 24.3 Å². The smallest absolute Gasteiger partial charge is 0.265 e. The van der Waals surface area contributed by atoms with Crippen LogP contribution in [0.25, 0.3) is 0 Å². The average Bonchev–Trinajstić information content (AvgIpc) is 2.76. The lowest BCUT2D eigenvalue weighted by atomic mass is 10.2. The molecule has 2 aromatic rings. The van der Waals surface area contributed by atoms with Gasteiger partial charge in [-0.2, -0.15) is 0 Å². The van der Waals surface area contributed by atoms with Crippen LogP contribution in [-0.4, -0.2) is 33.2 Å². The number of carbonyl (C=O) groups is 1. The third kappa shape index (κ3) is 4.24. The van der Waals surface area contributed by atoms with Crippen molar-refractivity contribution in [2.45, 2.75) is 12.5 Å². The molecule has 1 aliphatic rings. The molecule has 0 bridgehead atoms. The SMILES string of the molecule is CS(=O)(=O)N1CCC(C(=O)Nc2ccc(I)cc2)Oc2ccccc21. The first-order valence-electron chi connectivity index (χ1n) is 7.64. The largest absolute Gasteiger partial charge is 0.478 e. The van der Waals surface area contributed by atoms with Crippen LogP contribution in [0.2, 0.25) is 0 Å². The summed E-state index contributed by atoms with van der Waals surface area (Å²) >= 11 is 2.19. The molecule has 8 heteroatoms. The second-order valence-corrected chi connectivity index (χ2v) is 8.85. The molecule has 25 heavy (non-hydrogen) atoms. The molecule has 2 aromatic carbocycles. The summed E-state index contributed by atoms with van der Waals surface area (Å²) in [5.41, 5.74) is 1.13. The molecule has 1 aliphatic heterocycles. The molecule has 0 saturated heterocycles. The molecule has 0 spiro atoms.